The van der Waals surface area contributed by atoms with E-state index >= 15 is 0 Å². The molecule has 0 radical (unpaired) electrons. The molecule has 0 aliphatic rings. The Labute approximate surface area is 104 Å². The van der Waals surface area contributed by atoms with Crippen molar-refractivity contribution in [2.45, 2.75) is 6.92 Å². The van der Waals surface area contributed by atoms with Crippen LogP contribution in [0.5, 0.6) is 0 Å². The van der Waals surface area contributed by atoms with Crippen LogP contribution in [0.1, 0.15) is 15.9 Å². The molecule has 1 amide bonds. The Balaban J connectivity index is 2.26. The first-order valence-corrected chi connectivity index (χ1v) is 5.43. The van der Waals surface area contributed by atoms with Crippen LogP contribution in [-0.2, 0) is 0 Å². The lowest BCUT2D eigenvalue weighted by molar-refractivity contribution is 0.0854. The molecule has 0 unspecified atom stereocenters. The topological polar surface area (TPSA) is 40.5 Å². The molecule has 92 valence electrons. The van der Waals surface area contributed by atoms with E-state index < -0.39 is 11.7 Å². The molecule has 1 N–H and O–H groups in total. The van der Waals surface area contributed by atoms with Crippen molar-refractivity contribution < 1.29 is 14.4 Å². The number of benzene rings is 2. The lowest BCUT2D eigenvalue weighted by atomic mass is 10.2. The molecule has 0 heterocycles. The van der Waals surface area contributed by atoms with Crippen molar-refractivity contribution in [3.05, 3.63) is 65.5 Å². The highest BCUT2D eigenvalue weighted by atomic mass is 19.1. The Bertz CT molecular complexity index is 566. The van der Waals surface area contributed by atoms with Gasteiger partial charge >= 0.3 is 0 Å². The van der Waals surface area contributed by atoms with E-state index in [-0.39, 0.29) is 5.56 Å². The molecule has 0 atom stereocenters. The van der Waals surface area contributed by atoms with Gasteiger partial charge in [0.2, 0.25) is 0 Å². The summed E-state index contributed by atoms with van der Waals surface area (Å²) in [6, 6.07) is 11.9. The van der Waals surface area contributed by atoms with Crippen LogP contribution in [0.4, 0.5) is 10.1 Å². The molecule has 3 nitrogen and oxygen atoms in total. The number of halogens is 1. The number of hydrogen-bond acceptors (Lipinski definition) is 2. The van der Waals surface area contributed by atoms with Gasteiger partial charge in [0, 0.05) is 5.56 Å². The Morgan fingerprint density at radius 3 is 2.44 bits per heavy atom. The van der Waals surface area contributed by atoms with Crippen LogP contribution in [0.3, 0.4) is 0 Å². The molecule has 18 heavy (non-hydrogen) atoms. The number of amides is 1. The third-order valence-corrected chi connectivity index (χ3v) is 2.53. The van der Waals surface area contributed by atoms with Gasteiger partial charge < -0.3 is 0 Å². The number of rotatable bonds is 2. The number of hydroxylamine groups is 1. The third kappa shape index (κ3) is 2.55. The van der Waals surface area contributed by atoms with Gasteiger partial charge in [0.05, 0.1) is 5.69 Å². The fourth-order valence-corrected chi connectivity index (χ4v) is 1.59. The van der Waals surface area contributed by atoms with E-state index in [2.05, 4.69) is 0 Å². The molecule has 0 fully saturated rings. The van der Waals surface area contributed by atoms with Crippen molar-refractivity contribution in [2.75, 3.05) is 5.06 Å². The number of aryl methyl sites for hydroxylation is 1. The summed E-state index contributed by atoms with van der Waals surface area (Å²) in [5.74, 6) is -1.02. The summed E-state index contributed by atoms with van der Waals surface area (Å²) < 4.78 is 12.7. The molecular weight excluding hydrogens is 233 g/mol. The SMILES string of the molecule is Cc1cccc(N(O)C(=O)c2ccc(F)cc2)c1. The fraction of sp³-hybridized carbons (Fsp3) is 0.0714. The molecule has 2 rings (SSSR count). The normalized spacial score (nSPS) is 10.2. The zero-order valence-corrected chi connectivity index (χ0v) is 9.80. The molecule has 4 heteroatoms. The van der Waals surface area contributed by atoms with Crippen LogP contribution >= 0.6 is 0 Å². The molecule has 0 aromatic heterocycles. The predicted octanol–water partition coefficient (Wildman–Crippen LogP) is 3.17. The maximum absolute atomic E-state index is 12.7. The first-order valence-electron chi connectivity index (χ1n) is 5.43. The summed E-state index contributed by atoms with van der Waals surface area (Å²) in [7, 11) is 0. The second-order valence-corrected chi connectivity index (χ2v) is 3.96. The summed E-state index contributed by atoms with van der Waals surface area (Å²) >= 11 is 0. The highest BCUT2D eigenvalue weighted by molar-refractivity contribution is 6.04. The van der Waals surface area contributed by atoms with Crippen molar-refractivity contribution in [1.29, 1.82) is 0 Å². The molecule has 0 spiro atoms. The first-order chi connectivity index (χ1) is 8.58. The summed E-state index contributed by atoms with van der Waals surface area (Å²) in [5.41, 5.74) is 1.53. The molecule has 2 aromatic rings. The second kappa shape index (κ2) is 4.98. The molecule has 2 aromatic carbocycles. The van der Waals surface area contributed by atoms with Crippen molar-refractivity contribution >= 4 is 11.6 Å². The number of nitrogens with zero attached hydrogens (tertiary/aromatic N) is 1. The number of anilines is 1. The standard InChI is InChI=1S/C14H12FNO2/c1-10-3-2-4-13(9-10)16(18)14(17)11-5-7-12(15)8-6-11/h2-9,18H,1H3. The van der Waals surface area contributed by atoms with Crippen LogP contribution in [0, 0.1) is 12.7 Å². The summed E-state index contributed by atoms with van der Waals surface area (Å²) in [6.07, 6.45) is 0. The maximum Gasteiger partial charge on any atom is 0.281 e. The molecular formula is C14H12FNO2. The molecule has 0 saturated heterocycles. The molecule has 0 bridgehead atoms. The van der Waals surface area contributed by atoms with Gasteiger partial charge in [-0.1, -0.05) is 12.1 Å². The number of hydrogen-bond donors (Lipinski definition) is 1. The smallest absolute Gasteiger partial charge is 0.281 e. The van der Waals surface area contributed by atoms with Gasteiger partial charge in [-0.2, -0.15) is 5.06 Å². The minimum Gasteiger partial charge on any atom is -0.281 e. The Kier molecular flexibility index (Phi) is 3.39. The van der Waals surface area contributed by atoms with E-state index in [1.807, 2.05) is 13.0 Å². The Hall–Kier alpha value is -2.20. The van der Waals surface area contributed by atoms with Crippen molar-refractivity contribution in [3.63, 3.8) is 0 Å². The Morgan fingerprint density at radius 1 is 1.17 bits per heavy atom. The van der Waals surface area contributed by atoms with Crippen LogP contribution in [0.25, 0.3) is 0 Å². The predicted molar refractivity (Wildman–Crippen MR) is 66.2 cm³/mol. The molecule has 0 aliphatic carbocycles. The van der Waals surface area contributed by atoms with Gasteiger partial charge in [-0.3, -0.25) is 10.0 Å². The minimum absolute atomic E-state index is 0.223. The number of carbonyl (C=O) groups is 1. The van der Waals surface area contributed by atoms with Gasteiger partial charge in [0.15, 0.2) is 0 Å². The first kappa shape index (κ1) is 12.3. The number of carbonyl (C=O) groups excluding carboxylic acids is 1. The average Bonchev–Trinajstić information content (AvgIpc) is 2.38. The van der Waals surface area contributed by atoms with E-state index in [0.29, 0.717) is 10.8 Å². The minimum atomic E-state index is -0.597. The lowest BCUT2D eigenvalue weighted by Crippen LogP contribution is -2.26. The zero-order valence-electron chi connectivity index (χ0n) is 9.80. The average molecular weight is 245 g/mol. The summed E-state index contributed by atoms with van der Waals surface area (Å²) in [6.45, 7) is 1.86. The van der Waals surface area contributed by atoms with Gasteiger partial charge in [-0.05, 0) is 48.9 Å². The van der Waals surface area contributed by atoms with Crippen LogP contribution in [0.15, 0.2) is 48.5 Å². The summed E-state index contributed by atoms with van der Waals surface area (Å²) in [4.78, 5) is 11.9. The fourth-order valence-electron chi connectivity index (χ4n) is 1.59. The summed E-state index contributed by atoms with van der Waals surface area (Å²) in [5, 5.41) is 10.4. The second-order valence-electron chi connectivity index (χ2n) is 3.96. The van der Waals surface area contributed by atoms with E-state index in [1.54, 1.807) is 18.2 Å². The maximum atomic E-state index is 12.7. The van der Waals surface area contributed by atoms with E-state index in [0.717, 1.165) is 5.56 Å². The third-order valence-electron chi connectivity index (χ3n) is 2.53. The van der Waals surface area contributed by atoms with Gasteiger partial charge in [-0.15, -0.1) is 0 Å². The quantitative estimate of drug-likeness (QED) is 0.652. The highest BCUT2D eigenvalue weighted by Crippen LogP contribution is 2.16. The van der Waals surface area contributed by atoms with Crippen molar-refractivity contribution in [2.24, 2.45) is 0 Å². The van der Waals surface area contributed by atoms with Crippen molar-refractivity contribution in [1.82, 2.24) is 0 Å². The van der Waals surface area contributed by atoms with Gasteiger partial charge in [0.25, 0.3) is 5.91 Å². The van der Waals surface area contributed by atoms with E-state index in [1.165, 1.54) is 24.3 Å². The largest absolute Gasteiger partial charge is 0.281 e. The van der Waals surface area contributed by atoms with Crippen molar-refractivity contribution in [3.8, 4) is 0 Å². The monoisotopic (exact) mass is 245 g/mol. The Morgan fingerprint density at radius 2 is 1.83 bits per heavy atom. The lowest BCUT2D eigenvalue weighted by Gasteiger charge is -2.15. The highest BCUT2D eigenvalue weighted by Gasteiger charge is 2.15. The van der Waals surface area contributed by atoms with Crippen LogP contribution in [-0.4, -0.2) is 11.1 Å². The van der Waals surface area contributed by atoms with Crippen LogP contribution < -0.4 is 5.06 Å². The molecule has 0 saturated carbocycles. The molecule has 0 aliphatic heterocycles. The van der Waals surface area contributed by atoms with Gasteiger partial charge in [0.1, 0.15) is 5.82 Å². The zero-order chi connectivity index (χ0) is 13.1. The van der Waals surface area contributed by atoms with E-state index in [4.69, 9.17) is 0 Å². The van der Waals surface area contributed by atoms with E-state index in [9.17, 15) is 14.4 Å². The van der Waals surface area contributed by atoms with Crippen LogP contribution in [0.2, 0.25) is 0 Å². The van der Waals surface area contributed by atoms with Gasteiger partial charge in [-0.25, -0.2) is 4.39 Å².